The summed E-state index contributed by atoms with van der Waals surface area (Å²) in [4.78, 5) is 11.0. The number of hydrogen-bond donors (Lipinski definition) is 0. The molecule has 0 radical (unpaired) electrons. The number of hydrogen-bond acceptors (Lipinski definition) is 3. The van der Waals surface area contributed by atoms with Crippen molar-refractivity contribution in [1.29, 1.82) is 0 Å². The quantitative estimate of drug-likeness (QED) is 0.723. The van der Waals surface area contributed by atoms with E-state index in [1.807, 2.05) is 0 Å². The zero-order chi connectivity index (χ0) is 15.5. The van der Waals surface area contributed by atoms with Crippen molar-refractivity contribution >= 4 is 22.2 Å². The van der Waals surface area contributed by atoms with Crippen LogP contribution in [0, 0.1) is 0 Å². The van der Waals surface area contributed by atoms with Crippen LogP contribution in [0.3, 0.4) is 0 Å². The van der Waals surface area contributed by atoms with Crippen LogP contribution in [0.2, 0.25) is 0 Å². The highest BCUT2D eigenvalue weighted by molar-refractivity contribution is 9.10. The zero-order valence-corrected chi connectivity index (χ0v) is 11.9. The van der Waals surface area contributed by atoms with E-state index in [1.165, 1.54) is 12.1 Å². The number of aldehydes is 1. The minimum Gasteiger partial charge on any atom is -0.457 e. The summed E-state index contributed by atoms with van der Waals surface area (Å²) in [5.41, 5.74) is 0.313. The van der Waals surface area contributed by atoms with Crippen molar-refractivity contribution in [2.24, 2.45) is 0 Å². The molecule has 0 heterocycles. The third kappa shape index (κ3) is 4.22. The molecule has 0 aromatic heterocycles. The minimum atomic E-state index is -4.74. The average Bonchev–Trinajstić information content (AvgIpc) is 2.40. The summed E-state index contributed by atoms with van der Waals surface area (Å²) in [6.45, 7) is 0. The first kappa shape index (κ1) is 15.4. The Hall–Kier alpha value is -2.02. The van der Waals surface area contributed by atoms with Crippen LogP contribution in [0.15, 0.2) is 46.9 Å². The molecule has 2 rings (SSSR count). The fourth-order valence-corrected chi connectivity index (χ4v) is 2.00. The molecule has 0 aliphatic carbocycles. The first-order chi connectivity index (χ1) is 9.89. The SMILES string of the molecule is O=Cc1c(Br)cccc1Oc1ccc(OC(F)(F)F)cc1. The topological polar surface area (TPSA) is 35.5 Å². The van der Waals surface area contributed by atoms with Crippen LogP contribution in [-0.4, -0.2) is 12.6 Å². The fraction of sp³-hybridized carbons (Fsp3) is 0.0714. The first-order valence-corrected chi connectivity index (χ1v) is 6.46. The summed E-state index contributed by atoms with van der Waals surface area (Å²) in [6, 6.07) is 9.81. The Morgan fingerprint density at radius 3 is 2.19 bits per heavy atom. The van der Waals surface area contributed by atoms with Gasteiger partial charge in [-0.1, -0.05) is 6.07 Å². The van der Waals surface area contributed by atoms with Crippen LogP contribution in [-0.2, 0) is 0 Å². The van der Waals surface area contributed by atoms with Gasteiger partial charge >= 0.3 is 6.36 Å². The Morgan fingerprint density at radius 2 is 1.62 bits per heavy atom. The van der Waals surface area contributed by atoms with Crippen molar-refractivity contribution in [3.05, 3.63) is 52.5 Å². The summed E-state index contributed by atoms with van der Waals surface area (Å²) >= 11 is 3.21. The summed E-state index contributed by atoms with van der Waals surface area (Å²) < 4.78 is 45.9. The van der Waals surface area contributed by atoms with E-state index in [4.69, 9.17) is 4.74 Å². The maximum Gasteiger partial charge on any atom is 0.573 e. The Labute approximate surface area is 126 Å². The molecular formula is C14H8BrF3O3. The monoisotopic (exact) mass is 360 g/mol. The van der Waals surface area contributed by atoms with E-state index in [9.17, 15) is 18.0 Å². The molecule has 110 valence electrons. The van der Waals surface area contributed by atoms with E-state index in [0.29, 0.717) is 22.1 Å². The molecular weight excluding hydrogens is 353 g/mol. The molecule has 3 nitrogen and oxygen atoms in total. The van der Waals surface area contributed by atoms with Gasteiger partial charge in [0.1, 0.15) is 17.2 Å². The number of alkyl halides is 3. The number of carbonyl (C=O) groups is 1. The lowest BCUT2D eigenvalue weighted by atomic mass is 10.2. The molecule has 0 saturated carbocycles. The van der Waals surface area contributed by atoms with E-state index in [2.05, 4.69) is 20.7 Å². The molecule has 0 saturated heterocycles. The highest BCUT2D eigenvalue weighted by Crippen LogP contribution is 2.31. The lowest BCUT2D eigenvalue weighted by molar-refractivity contribution is -0.274. The molecule has 2 aromatic rings. The molecule has 0 atom stereocenters. The molecule has 0 amide bonds. The number of ether oxygens (including phenoxy) is 2. The molecule has 0 bridgehead atoms. The van der Waals surface area contributed by atoms with Gasteiger partial charge in [0.15, 0.2) is 6.29 Å². The van der Waals surface area contributed by atoms with Gasteiger partial charge < -0.3 is 9.47 Å². The van der Waals surface area contributed by atoms with E-state index in [-0.39, 0.29) is 11.5 Å². The summed E-state index contributed by atoms with van der Waals surface area (Å²) in [7, 11) is 0. The Morgan fingerprint density at radius 1 is 1.00 bits per heavy atom. The predicted octanol–water partition coefficient (Wildman–Crippen LogP) is 4.95. The number of carbonyl (C=O) groups excluding carboxylic acids is 1. The average molecular weight is 361 g/mol. The molecule has 0 unspecified atom stereocenters. The zero-order valence-electron chi connectivity index (χ0n) is 10.4. The van der Waals surface area contributed by atoms with Gasteiger partial charge in [0.25, 0.3) is 0 Å². The van der Waals surface area contributed by atoms with Crippen molar-refractivity contribution in [3.63, 3.8) is 0 Å². The van der Waals surface area contributed by atoms with Gasteiger partial charge in [-0.15, -0.1) is 13.2 Å². The molecule has 2 aromatic carbocycles. The maximum atomic E-state index is 12.0. The molecule has 7 heteroatoms. The number of halogens is 4. The van der Waals surface area contributed by atoms with Crippen molar-refractivity contribution in [3.8, 4) is 17.2 Å². The third-order valence-electron chi connectivity index (χ3n) is 2.42. The van der Waals surface area contributed by atoms with Crippen molar-refractivity contribution < 1.29 is 27.4 Å². The van der Waals surface area contributed by atoms with Crippen LogP contribution >= 0.6 is 15.9 Å². The Bertz CT molecular complexity index is 639. The molecule has 0 aliphatic rings. The van der Waals surface area contributed by atoms with Crippen molar-refractivity contribution in [2.45, 2.75) is 6.36 Å². The third-order valence-corrected chi connectivity index (χ3v) is 3.11. The van der Waals surface area contributed by atoms with E-state index < -0.39 is 6.36 Å². The minimum absolute atomic E-state index is 0.283. The van der Waals surface area contributed by atoms with Crippen LogP contribution in [0.5, 0.6) is 17.2 Å². The molecule has 0 spiro atoms. The first-order valence-electron chi connectivity index (χ1n) is 5.66. The number of benzene rings is 2. The Balaban J connectivity index is 2.18. The van der Waals surface area contributed by atoms with Gasteiger partial charge in [-0.2, -0.15) is 0 Å². The van der Waals surface area contributed by atoms with Gasteiger partial charge in [0, 0.05) is 4.47 Å². The lowest BCUT2D eigenvalue weighted by Gasteiger charge is -2.11. The van der Waals surface area contributed by atoms with Gasteiger partial charge in [-0.3, -0.25) is 4.79 Å². The molecule has 0 aliphatic heterocycles. The fourth-order valence-electron chi connectivity index (χ4n) is 1.56. The molecule has 0 fully saturated rings. The van der Waals surface area contributed by atoms with Crippen molar-refractivity contribution in [1.82, 2.24) is 0 Å². The second-order valence-electron chi connectivity index (χ2n) is 3.89. The van der Waals surface area contributed by atoms with Gasteiger partial charge in [0.2, 0.25) is 0 Å². The van der Waals surface area contributed by atoms with Gasteiger partial charge in [-0.25, -0.2) is 0 Å². The molecule has 0 N–H and O–H groups in total. The highest BCUT2D eigenvalue weighted by atomic mass is 79.9. The maximum absolute atomic E-state index is 12.0. The van der Waals surface area contributed by atoms with E-state index in [0.717, 1.165) is 12.1 Å². The normalized spacial score (nSPS) is 11.0. The smallest absolute Gasteiger partial charge is 0.457 e. The van der Waals surface area contributed by atoms with Gasteiger partial charge in [0.05, 0.1) is 5.56 Å². The largest absolute Gasteiger partial charge is 0.573 e. The van der Waals surface area contributed by atoms with Crippen LogP contribution in [0.4, 0.5) is 13.2 Å². The van der Waals surface area contributed by atoms with Crippen LogP contribution < -0.4 is 9.47 Å². The second-order valence-corrected chi connectivity index (χ2v) is 4.75. The molecule has 21 heavy (non-hydrogen) atoms. The summed E-state index contributed by atoms with van der Waals surface area (Å²) in [5.74, 6) is 0.231. The predicted molar refractivity (Wildman–Crippen MR) is 72.7 cm³/mol. The lowest BCUT2D eigenvalue weighted by Crippen LogP contribution is -2.16. The standard InChI is InChI=1S/C14H8BrF3O3/c15-12-2-1-3-13(11(12)8-19)20-9-4-6-10(7-5-9)21-14(16,17)18/h1-8H. The van der Waals surface area contributed by atoms with Crippen LogP contribution in [0.1, 0.15) is 10.4 Å². The van der Waals surface area contributed by atoms with Gasteiger partial charge in [-0.05, 0) is 52.3 Å². The highest BCUT2D eigenvalue weighted by Gasteiger charge is 2.30. The van der Waals surface area contributed by atoms with E-state index in [1.54, 1.807) is 18.2 Å². The van der Waals surface area contributed by atoms with Crippen molar-refractivity contribution in [2.75, 3.05) is 0 Å². The van der Waals surface area contributed by atoms with E-state index >= 15 is 0 Å². The summed E-state index contributed by atoms with van der Waals surface area (Å²) in [6.07, 6.45) is -4.11. The number of rotatable bonds is 4. The summed E-state index contributed by atoms with van der Waals surface area (Å²) in [5, 5.41) is 0. The van der Waals surface area contributed by atoms with Crippen LogP contribution in [0.25, 0.3) is 0 Å². The Kier molecular flexibility index (Phi) is 4.52. The second kappa shape index (κ2) is 6.17.